The predicted octanol–water partition coefficient (Wildman–Crippen LogP) is 3.86. The first-order valence-corrected chi connectivity index (χ1v) is 6.51. The summed E-state index contributed by atoms with van der Waals surface area (Å²) in [5, 5.41) is 13.6. The SMILES string of the molecule is Cc1cc(NC(=O)c2ccc([N+](=O)[O-])cc2Cl)cnc1Cl. The molecule has 8 heteroatoms. The number of rotatable bonds is 3. The van der Waals surface area contributed by atoms with E-state index in [1.54, 1.807) is 13.0 Å². The summed E-state index contributed by atoms with van der Waals surface area (Å²) in [6, 6.07) is 5.30. The molecule has 0 bridgehead atoms. The van der Waals surface area contributed by atoms with Crippen molar-refractivity contribution in [2.45, 2.75) is 6.92 Å². The van der Waals surface area contributed by atoms with Crippen LogP contribution in [-0.2, 0) is 0 Å². The first kappa shape index (κ1) is 15.2. The van der Waals surface area contributed by atoms with Gasteiger partial charge in [0.15, 0.2) is 0 Å². The van der Waals surface area contributed by atoms with Gasteiger partial charge >= 0.3 is 0 Å². The number of anilines is 1. The maximum absolute atomic E-state index is 12.1. The third-order valence-electron chi connectivity index (χ3n) is 2.68. The summed E-state index contributed by atoms with van der Waals surface area (Å²) in [4.78, 5) is 26.0. The molecule has 108 valence electrons. The smallest absolute Gasteiger partial charge is 0.270 e. The number of hydrogen-bond acceptors (Lipinski definition) is 4. The van der Waals surface area contributed by atoms with E-state index < -0.39 is 10.8 Å². The van der Waals surface area contributed by atoms with Gasteiger partial charge in [-0.3, -0.25) is 14.9 Å². The van der Waals surface area contributed by atoms with E-state index in [0.29, 0.717) is 16.4 Å². The first-order chi connectivity index (χ1) is 9.88. The van der Waals surface area contributed by atoms with Crippen LogP contribution < -0.4 is 5.32 Å². The van der Waals surface area contributed by atoms with Crippen molar-refractivity contribution in [2.75, 3.05) is 5.32 Å². The van der Waals surface area contributed by atoms with E-state index in [2.05, 4.69) is 10.3 Å². The molecule has 21 heavy (non-hydrogen) atoms. The van der Waals surface area contributed by atoms with Crippen molar-refractivity contribution in [3.8, 4) is 0 Å². The van der Waals surface area contributed by atoms with E-state index in [-0.39, 0.29) is 16.3 Å². The van der Waals surface area contributed by atoms with Gasteiger partial charge in [0.2, 0.25) is 0 Å². The van der Waals surface area contributed by atoms with Crippen LogP contribution in [0.5, 0.6) is 0 Å². The summed E-state index contributed by atoms with van der Waals surface area (Å²) in [5.41, 5.74) is 1.12. The molecule has 6 nitrogen and oxygen atoms in total. The zero-order chi connectivity index (χ0) is 15.6. The highest BCUT2D eigenvalue weighted by atomic mass is 35.5. The average Bonchev–Trinajstić information content (AvgIpc) is 2.42. The average molecular weight is 326 g/mol. The molecule has 0 aliphatic rings. The first-order valence-electron chi connectivity index (χ1n) is 5.76. The normalized spacial score (nSPS) is 10.2. The van der Waals surface area contributed by atoms with E-state index in [9.17, 15) is 14.9 Å². The lowest BCUT2D eigenvalue weighted by atomic mass is 10.2. The quantitative estimate of drug-likeness (QED) is 0.527. The Bertz CT molecular complexity index is 735. The maximum atomic E-state index is 12.1. The summed E-state index contributed by atoms with van der Waals surface area (Å²) in [6.07, 6.45) is 1.41. The topological polar surface area (TPSA) is 85.1 Å². The molecule has 0 saturated heterocycles. The molecule has 1 amide bonds. The number of nitrogens with one attached hydrogen (secondary N) is 1. The Kier molecular flexibility index (Phi) is 4.40. The molecular formula is C13H9Cl2N3O3. The van der Waals surface area contributed by atoms with E-state index >= 15 is 0 Å². The van der Waals surface area contributed by atoms with Crippen molar-refractivity contribution in [3.05, 3.63) is 61.9 Å². The Morgan fingerprint density at radius 2 is 2.05 bits per heavy atom. The molecule has 0 fully saturated rings. The van der Waals surface area contributed by atoms with Crippen LogP contribution in [0.2, 0.25) is 10.2 Å². The van der Waals surface area contributed by atoms with Crippen LogP contribution in [-0.4, -0.2) is 15.8 Å². The summed E-state index contributed by atoms with van der Waals surface area (Å²) in [5.74, 6) is -0.488. The molecule has 0 atom stereocenters. The third-order valence-corrected chi connectivity index (χ3v) is 3.39. The lowest BCUT2D eigenvalue weighted by molar-refractivity contribution is -0.384. The minimum Gasteiger partial charge on any atom is -0.321 e. The van der Waals surface area contributed by atoms with E-state index in [4.69, 9.17) is 23.2 Å². The number of halogens is 2. The third kappa shape index (κ3) is 3.48. The molecule has 0 aliphatic heterocycles. The second-order valence-electron chi connectivity index (χ2n) is 4.21. The molecule has 1 heterocycles. The number of amides is 1. The number of benzene rings is 1. The predicted molar refractivity (Wildman–Crippen MR) is 80.0 cm³/mol. The van der Waals surface area contributed by atoms with Crippen LogP contribution in [0, 0.1) is 17.0 Å². The number of aryl methyl sites for hydroxylation is 1. The van der Waals surface area contributed by atoms with Crippen LogP contribution in [0.25, 0.3) is 0 Å². The second kappa shape index (κ2) is 6.07. The van der Waals surface area contributed by atoms with Crippen LogP contribution in [0.15, 0.2) is 30.5 Å². The minimum atomic E-state index is -0.583. The zero-order valence-corrected chi connectivity index (χ0v) is 12.3. The molecule has 2 aromatic rings. The Morgan fingerprint density at radius 3 is 2.62 bits per heavy atom. The Labute approximate surface area is 129 Å². The highest BCUT2D eigenvalue weighted by Crippen LogP contribution is 2.24. The number of pyridine rings is 1. The lowest BCUT2D eigenvalue weighted by Gasteiger charge is -2.07. The van der Waals surface area contributed by atoms with Crippen LogP contribution in [0.1, 0.15) is 15.9 Å². The van der Waals surface area contributed by atoms with Crippen molar-refractivity contribution < 1.29 is 9.72 Å². The van der Waals surface area contributed by atoms with E-state index in [1.807, 2.05) is 0 Å². The van der Waals surface area contributed by atoms with Gasteiger partial charge in [-0.25, -0.2) is 4.98 Å². The van der Waals surface area contributed by atoms with E-state index in [1.165, 1.54) is 18.3 Å². The highest BCUT2D eigenvalue weighted by molar-refractivity contribution is 6.34. The van der Waals surface area contributed by atoms with Crippen molar-refractivity contribution in [1.82, 2.24) is 4.98 Å². The zero-order valence-electron chi connectivity index (χ0n) is 10.8. The van der Waals surface area contributed by atoms with Gasteiger partial charge < -0.3 is 5.32 Å². The Morgan fingerprint density at radius 1 is 1.33 bits per heavy atom. The molecule has 0 saturated carbocycles. The number of aromatic nitrogens is 1. The van der Waals surface area contributed by atoms with Gasteiger partial charge in [-0.15, -0.1) is 0 Å². The number of nitro groups is 1. The molecule has 1 aromatic carbocycles. The fourth-order valence-electron chi connectivity index (χ4n) is 1.63. The molecule has 0 spiro atoms. The number of carbonyl (C=O) groups is 1. The summed E-state index contributed by atoms with van der Waals surface area (Å²) < 4.78 is 0. The monoisotopic (exact) mass is 325 g/mol. The molecule has 0 unspecified atom stereocenters. The van der Waals surface area contributed by atoms with Gasteiger partial charge in [0.05, 0.1) is 27.4 Å². The van der Waals surface area contributed by atoms with Gasteiger partial charge in [0, 0.05) is 12.1 Å². The van der Waals surface area contributed by atoms with Gasteiger partial charge in [-0.05, 0) is 24.6 Å². The number of non-ortho nitro benzene ring substituents is 1. The standard InChI is InChI=1S/C13H9Cl2N3O3/c1-7-4-8(6-16-12(7)15)17-13(19)10-3-2-9(18(20)21)5-11(10)14/h2-6H,1H3,(H,17,19). The number of nitrogens with zero attached hydrogens (tertiary/aromatic N) is 2. The largest absolute Gasteiger partial charge is 0.321 e. The van der Waals surface area contributed by atoms with Crippen molar-refractivity contribution in [2.24, 2.45) is 0 Å². The summed E-state index contributed by atoms with van der Waals surface area (Å²) in [7, 11) is 0. The Hall–Kier alpha value is -2.18. The summed E-state index contributed by atoms with van der Waals surface area (Å²) >= 11 is 11.7. The molecule has 2 rings (SSSR count). The van der Waals surface area contributed by atoms with Gasteiger partial charge in [-0.2, -0.15) is 0 Å². The molecule has 0 aliphatic carbocycles. The van der Waals surface area contributed by atoms with E-state index in [0.717, 1.165) is 6.07 Å². The minimum absolute atomic E-state index is 0.000319. The number of carbonyl (C=O) groups excluding carboxylic acids is 1. The maximum Gasteiger partial charge on any atom is 0.270 e. The fourth-order valence-corrected chi connectivity index (χ4v) is 1.99. The summed E-state index contributed by atoms with van der Waals surface area (Å²) in [6.45, 7) is 1.75. The van der Waals surface area contributed by atoms with Crippen molar-refractivity contribution >= 4 is 40.5 Å². The van der Waals surface area contributed by atoms with Crippen molar-refractivity contribution in [1.29, 1.82) is 0 Å². The van der Waals surface area contributed by atoms with Crippen molar-refractivity contribution in [3.63, 3.8) is 0 Å². The molecular weight excluding hydrogens is 317 g/mol. The van der Waals surface area contributed by atoms with Gasteiger partial charge in [-0.1, -0.05) is 23.2 Å². The second-order valence-corrected chi connectivity index (χ2v) is 4.97. The van der Waals surface area contributed by atoms with Gasteiger partial charge in [0.1, 0.15) is 5.15 Å². The van der Waals surface area contributed by atoms with Crippen LogP contribution in [0.4, 0.5) is 11.4 Å². The number of hydrogen-bond donors (Lipinski definition) is 1. The van der Waals surface area contributed by atoms with Crippen LogP contribution >= 0.6 is 23.2 Å². The molecule has 1 N–H and O–H groups in total. The van der Waals surface area contributed by atoms with Crippen LogP contribution in [0.3, 0.4) is 0 Å². The van der Waals surface area contributed by atoms with Gasteiger partial charge in [0.25, 0.3) is 11.6 Å². The Balaban J connectivity index is 2.24. The number of nitro benzene ring substituents is 1. The highest BCUT2D eigenvalue weighted by Gasteiger charge is 2.15. The lowest BCUT2D eigenvalue weighted by Crippen LogP contribution is -2.13. The molecule has 0 radical (unpaired) electrons. The fraction of sp³-hybridized carbons (Fsp3) is 0.0769. The molecule has 1 aromatic heterocycles.